The largest absolute Gasteiger partial charge is 0.348 e. The van der Waals surface area contributed by atoms with Gasteiger partial charge in [-0.2, -0.15) is 0 Å². The predicted octanol–water partition coefficient (Wildman–Crippen LogP) is 5.40. The van der Waals surface area contributed by atoms with Crippen molar-refractivity contribution in [3.05, 3.63) is 104 Å². The summed E-state index contributed by atoms with van der Waals surface area (Å²) in [6, 6.07) is 15.3. The Morgan fingerprint density at radius 3 is 2.48 bits per heavy atom. The van der Waals surface area contributed by atoms with Gasteiger partial charge in [0.15, 0.2) is 11.0 Å². The zero-order valence-electron chi connectivity index (χ0n) is 17.3. The van der Waals surface area contributed by atoms with E-state index >= 15 is 0 Å². The molecule has 1 heterocycles. The molecule has 168 valence electrons. The molecule has 3 aromatic rings. The normalized spacial score (nSPS) is 16.6. The number of Topliss-reactive ketones (excluding diaryl/α,β-unsaturated/α-hetero) is 1. The number of rotatable bonds is 4. The van der Waals surface area contributed by atoms with Crippen molar-refractivity contribution in [1.29, 1.82) is 0 Å². The van der Waals surface area contributed by atoms with E-state index in [0.29, 0.717) is 21.3 Å². The van der Waals surface area contributed by atoms with Crippen molar-refractivity contribution in [2.24, 2.45) is 0 Å². The lowest BCUT2D eigenvalue weighted by Gasteiger charge is -2.27. The minimum Gasteiger partial charge on any atom is -0.348 e. The first kappa shape index (κ1) is 23.2. The van der Waals surface area contributed by atoms with Crippen LogP contribution in [0.3, 0.4) is 0 Å². The van der Waals surface area contributed by atoms with Gasteiger partial charge in [-0.05, 0) is 59.7 Å². The van der Waals surface area contributed by atoms with E-state index < -0.39 is 16.8 Å². The molecule has 3 aromatic carbocycles. The molecule has 0 saturated heterocycles. The van der Waals surface area contributed by atoms with Crippen LogP contribution >= 0.6 is 23.2 Å². The number of amides is 1. The van der Waals surface area contributed by atoms with E-state index in [9.17, 15) is 18.2 Å². The fraction of sp³-hybridized carbons (Fsp3) is 0.0833. The van der Waals surface area contributed by atoms with E-state index in [1.54, 1.807) is 49.5 Å². The highest BCUT2D eigenvalue weighted by molar-refractivity contribution is 7.91. The Morgan fingerprint density at radius 1 is 1.06 bits per heavy atom. The molecule has 9 heteroatoms. The number of anilines is 1. The van der Waals surface area contributed by atoms with Crippen molar-refractivity contribution in [1.82, 2.24) is 5.32 Å². The van der Waals surface area contributed by atoms with Crippen LogP contribution in [0.15, 0.2) is 65.6 Å². The van der Waals surface area contributed by atoms with Gasteiger partial charge in [-0.25, -0.2) is 8.60 Å². The van der Waals surface area contributed by atoms with Gasteiger partial charge in [0.25, 0.3) is 5.91 Å². The van der Waals surface area contributed by atoms with Crippen LogP contribution in [0.25, 0.3) is 6.08 Å². The number of fused-ring (bicyclic) bond motifs is 1. The standard InChI is InChI=1S/C24H17Cl2FN2O3S/c1-29-21-9-5-16(24(31)28-13-14-2-6-17(27)7-3-14)12-18(21)23(30)22(33(29)32)11-15-4-8-19(25)20(26)10-15/h2-12H,13H2,1H3,(H,28,31)/b22-11-. The van der Waals surface area contributed by atoms with Gasteiger partial charge in [-0.1, -0.05) is 41.4 Å². The maximum atomic E-state index is 13.2. The Balaban J connectivity index is 1.62. The fourth-order valence-electron chi connectivity index (χ4n) is 3.34. The Hall–Kier alpha value is -3.00. The summed E-state index contributed by atoms with van der Waals surface area (Å²) in [6.07, 6.45) is 1.50. The smallest absolute Gasteiger partial charge is 0.251 e. The number of carbonyl (C=O) groups is 2. The van der Waals surface area contributed by atoms with Crippen LogP contribution in [0.5, 0.6) is 0 Å². The maximum absolute atomic E-state index is 13.2. The lowest BCUT2D eigenvalue weighted by Crippen LogP contribution is -2.32. The van der Waals surface area contributed by atoms with Gasteiger partial charge >= 0.3 is 0 Å². The monoisotopic (exact) mass is 502 g/mol. The number of ketones is 1. The summed E-state index contributed by atoms with van der Waals surface area (Å²) < 4.78 is 27.5. The quantitative estimate of drug-likeness (QED) is 0.485. The number of carbonyl (C=O) groups excluding carboxylic acids is 2. The molecule has 1 atom stereocenters. The third kappa shape index (κ3) is 4.85. The minimum atomic E-state index is -1.74. The van der Waals surface area contributed by atoms with Crippen molar-refractivity contribution >= 4 is 57.6 Å². The second kappa shape index (κ2) is 9.47. The molecule has 0 aromatic heterocycles. The molecule has 1 aliphatic rings. The molecule has 0 fully saturated rings. The minimum absolute atomic E-state index is 0.0623. The second-order valence-electron chi connectivity index (χ2n) is 7.30. The number of benzene rings is 3. The summed E-state index contributed by atoms with van der Waals surface area (Å²) >= 11 is 12.0. The summed E-state index contributed by atoms with van der Waals surface area (Å²) in [5, 5.41) is 3.43. The molecule has 4 rings (SSSR count). The number of hydrogen-bond acceptors (Lipinski definition) is 3. The first-order chi connectivity index (χ1) is 15.7. The van der Waals surface area contributed by atoms with E-state index in [1.807, 2.05) is 0 Å². The Kier molecular flexibility index (Phi) is 6.65. The third-order valence-corrected chi connectivity index (χ3v) is 7.22. The Morgan fingerprint density at radius 2 is 1.79 bits per heavy atom. The predicted molar refractivity (Wildman–Crippen MR) is 129 cm³/mol. The zero-order valence-corrected chi connectivity index (χ0v) is 19.6. The molecule has 0 spiro atoms. The highest BCUT2D eigenvalue weighted by Crippen LogP contribution is 2.34. The fourth-order valence-corrected chi connectivity index (χ4v) is 4.78. The summed E-state index contributed by atoms with van der Waals surface area (Å²) in [5.41, 5.74) is 2.31. The van der Waals surface area contributed by atoms with Crippen molar-refractivity contribution in [2.75, 3.05) is 11.4 Å². The summed E-state index contributed by atoms with van der Waals surface area (Å²) in [5.74, 6) is -1.19. The lowest BCUT2D eigenvalue weighted by atomic mass is 10.0. The molecule has 1 amide bonds. The summed E-state index contributed by atoms with van der Waals surface area (Å²) in [7, 11) is -0.127. The van der Waals surface area contributed by atoms with Crippen LogP contribution in [0.4, 0.5) is 10.1 Å². The van der Waals surface area contributed by atoms with Crippen LogP contribution in [-0.4, -0.2) is 22.9 Å². The molecule has 0 radical (unpaired) electrons. The number of nitrogens with zero attached hydrogens (tertiary/aromatic N) is 1. The van der Waals surface area contributed by atoms with E-state index in [-0.39, 0.29) is 34.3 Å². The van der Waals surface area contributed by atoms with E-state index in [1.165, 1.54) is 28.6 Å². The van der Waals surface area contributed by atoms with Gasteiger partial charge in [0.05, 0.1) is 15.7 Å². The Bertz CT molecular complexity index is 1330. The summed E-state index contributed by atoms with van der Waals surface area (Å²) in [6.45, 7) is 0.205. The molecule has 1 aliphatic heterocycles. The average molecular weight is 503 g/mol. The topological polar surface area (TPSA) is 66.5 Å². The van der Waals surface area contributed by atoms with Crippen LogP contribution < -0.4 is 9.62 Å². The maximum Gasteiger partial charge on any atom is 0.251 e. The molecule has 0 aliphatic carbocycles. The highest BCUT2D eigenvalue weighted by Gasteiger charge is 2.32. The summed E-state index contributed by atoms with van der Waals surface area (Å²) in [4.78, 5) is 25.9. The third-order valence-electron chi connectivity index (χ3n) is 5.11. The molecule has 5 nitrogen and oxygen atoms in total. The number of nitrogens with one attached hydrogen (secondary N) is 1. The lowest BCUT2D eigenvalue weighted by molar-refractivity contribution is 0.0951. The van der Waals surface area contributed by atoms with E-state index in [0.717, 1.165) is 5.56 Å². The zero-order chi connectivity index (χ0) is 23.7. The van der Waals surface area contributed by atoms with Crippen molar-refractivity contribution in [2.45, 2.75) is 6.54 Å². The van der Waals surface area contributed by atoms with Crippen LogP contribution in [0.1, 0.15) is 31.8 Å². The first-order valence-electron chi connectivity index (χ1n) is 9.78. The molecule has 1 N–H and O–H groups in total. The van der Waals surface area contributed by atoms with Crippen LogP contribution in [-0.2, 0) is 17.5 Å². The van der Waals surface area contributed by atoms with Crippen molar-refractivity contribution in [3.63, 3.8) is 0 Å². The Labute approximate surface area is 202 Å². The molecule has 33 heavy (non-hydrogen) atoms. The van der Waals surface area contributed by atoms with Gasteiger partial charge in [-0.15, -0.1) is 0 Å². The van der Waals surface area contributed by atoms with Gasteiger partial charge in [-0.3, -0.25) is 13.9 Å². The van der Waals surface area contributed by atoms with Crippen LogP contribution in [0, 0.1) is 5.82 Å². The first-order valence-corrected chi connectivity index (χ1v) is 11.6. The van der Waals surface area contributed by atoms with Crippen molar-refractivity contribution in [3.8, 4) is 0 Å². The number of allylic oxidation sites excluding steroid dienone is 1. The van der Waals surface area contributed by atoms with Crippen molar-refractivity contribution < 1.29 is 18.2 Å². The molecular weight excluding hydrogens is 486 g/mol. The molecular formula is C24H17Cl2FN2O3S. The van der Waals surface area contributed by atoms with Gasteiger partial charge in [0, 0.05) is 24.7 Å². The molecule has 0 saturated carbocycles. The second-order valence-corrected chi connectivity index (χ2v) is 9.60. The SMILES string of the molecule is CN1c2ccc(C(=O)NCc3ccc(F)cc3)cc2C(=O)/C(=C/c2ccc(Cl)c(Cl)c2)S1=O. The molecule has 1 unspecified atom stereocenters. The van der Waals surface area contributed by atoms with E-state index in [2.05, 4.69) is 5.32 Å². The van der Waals surface area contributed by atoms with Gasteiger partial charge in [0.1, 0.15) is 10.7 Å². The van der Waals surface area contributed by atoms with Gasteiger partial charge < -0.3 is 5.32 Å². The number of halogens is 3. The molecule has 0 bridgehead atoms. The van der Waals surface area contributed by atoms with Crippen LogP contribution in [0.2, 0.25) is 10.0 Å². The average Bonchev–Trinajstić information content (AvgIpc) is 2.81. The van der Waals surface area contributed by atoms with E-state index in [4.69, 9.17) is 23.2 Å². The van der Waals surface area contributed by atoms with Gasteiger partial charge in [0.2, 0.25) is 5.78 Å². The highest BCUT2D eigenvalue weighted by atomic mass is 35.5. The number of hydrogen-bond donors (Lipinski definition) is 1.